The lowest BCUT2D eigenvalue weighted by Gasteiger charge is -2.15. The van der Waals surface area contributed by atoms with Crippen molar-refractivity contribution >= 4 is 0 Å². The number of aromatic nitrogens is 1. The molecule has 2 heteroatoms. The molecule has 0 aliphatic rings. The summed E-state index contributed by atoms with van der Waals surface area (Å²) in [5.41, 5.74) is 3.60. The summed E-state index contributed by atoms with van der Waals surface area (Å²) in [6, 6.07) is 12.9. The first-order chi connectivity index (χ1) is 16.2. The third kappa shape index (κ3) is 12.3. The zero-order valence-electron chi connectivity index (χ0n) is 21.8. The van der Waals surface area contributed by atoms with Gasteiger partial charge in [0.25, 0.3) is 0 Å². The van der Waals surface area contributed by atoms with Gasteiger partial charge >= 0.3 is 0 Å². The number of pyridine rings is 1. The number of rotatable bonds is 19. The van der Waals surface area contributed by atoms with Crippen molar-refractivity contribution in [1.82, 2.24) is 4.98 Å². The van der Waals surface area contributed by atoms with Crippen molar-refractivity contribution in [3.8, 4) is 16.9 Å². The molecular formula is C31H49NO. The van der Waals surface area contributed by atoms with E-state index in [9.17, 15) is 0 Å². The quantitative estimate of drug-likeness (QED) is 0.198. The molecule has 1 unspecified atom stereocenters. The molecule has 0 saturated carbocycles. The van der Waals surface area contributed by atoms with Crippen LogP contribution in [0.2, 0.25) is 0 Å². The van der Waals surface area contributed by atoms with Crippen LogP contribution in [0, 0.1) is 0 Å². The minimum atomic E-state index is 0.277. The van der Waals surface area contributed by atoms with Gasteiger partial charge in [-0.1, -0.05) is 109 Å². The predicted molar refractivity (Wildman–Crippen MR) is 144 cm³/mol. The predicted octanol–water partition coefficient (Wildman–Crippen LogP) is 9.95. The zero-order chi connectivity index (χ0) is 23.6. The molecule has 2 aromatic rings. The molecule has 0 aliphatic heterocycles. The second kappa shape index (κ2) is 17.6. The third-order valence-corrected chi connectivity index (χ3v) is 6.60. The van der Waals surface area contributed by atoms with Gasteiger partial charge in [0.05, 0.1) is 6.10 Å². The maximum Gasteiger partial charge on any atom is 0.119 e. The minimum Gasteiger partial charge on any atom is -0.491 e. The van der Waals surface area contributed by atoms with Crippen LogP contribution < -0.4 is 4.74 Å². The average molecular weight is 452 g/mol. The summed E-state index contributed by atoms with van der Waals surface area (Å²) in [4.78, 5) is 4.72. The monoisotopic (exact) mass is 451 g/mol. The Morgan fingerprint density at radius 2 is 1.18 bits per heavy atom. The van der Waals surface area contributed by atoms with E-state index in [2.05, 4.69) is 57.2 Å². The molecule has 1 atom stereocenters. The van der Waals surface area contributed by atoms with Crippen molar-refractivity contribution in [3.05, 3.63) is 48.3 Å². The molecule has 184 valence electrons. The average Bonchev–Trinajstić information content (AvgIpc) is 2.84. The highest BCUT2D eigenvalue weighted by Crippen LogP contribution is 2.23. The minimum absolute atomic E-state index is 0.277. The summed E-state index contributed by atoms with van der Waals surface area (Å²) in [7, 11) is 0. The van der Waals surface area contributed by atoms with Gasteiger partial charge in [-0.05, 0) is 56.4 Å². The number of nitrogens with zero attached hydrogens (tertiary/aromatic N) is 1. The fourth-order valence-corrected chi connectivity index (χ4v) is 4.41. The highest BCUT2D eigenvalue weighted by molar-refractivity contribution is 5.63. The lowest BCUT2D eigenvalue weighted by Crippen LogP contribution is -2.11. The number of benzene rings is 1. The lowest BCUT2D eigenvalue weighted by molar-refractivity contribution is 0.206. The van der Waals surface area contributed by atoms with E-state index >= 15 is 0 Å². The van der Waals surface area contributed by atoms with E-state index in [0.717, 1.165) is 18.6 Å². The van der Waals surface area contributed by atoms with E-state index < -0.39 is 0 Å². The van der Waals surface area contributed by atoms with E-state index in [1.54, 1.807) is 0 Å². The first-order valence-corrected chi connectivity index (χ1v) is 13.9. The Balaban J connectivity index is 1.63. The van der Waals surface area contributed by atoms with Crippen LogP contribution in [0.3, 0.4) is 0 Å². The van der Waals surface area contributed by atoms with E-state index in [0.29, 0.717) is 0 Å². The van der Waals surface area contributed by atoms with Crippen molar-refractivity contribution in [2.45, 2.75) is 130 Å². The molecule has 0 aliphatic carbocycles. The van der Waals surface area contributed by atoms with Crippen molar-refractivity contribution in [1.29, 1.82) is 0 Å². The Morgan fingerprint density at radius 1 is 0.636 bits per heavy atom. The van der Waals surface area contributed by atoms with Gasteiger partial charge in [-0.25, -0.2) is 0 Å². The number of unbranched alkanes of at least 4 members (excludes halogenated alkanes) is 12. The van der Waals surface area contributed by atoms with Crippen LogP contribution in [-0.4, -0.2) is 11.1 Å². The first-order valence-electron chi connectivity index (χ1n) is 13.9. The lowest BCUT2D eigenvalue weighted by atomic mass is 10.0. The van der Waals surface area contributed by atoms with Crippen LogP contribution in [0.4, 0.5) is 0 Å². The molecular weight excluding hydrogens is 402 g/mol. The molecule has 0 amide bonds. The van der Waals surface area contributed by atoms with E-state index in [1.807, 2.05) is 6.20 Å². The van der Waals surface area contributed by atoms with Gasteiger partial charge < -0.3 is 4.74 Å². The fourth-order valence-electron chi connectivity index (χ4n) is 4.41. The van der Waals surface area contributed by atoms with Crippen molar-refractivity contribution < 1.29 is 4.74 Å². The Kier molecular flexibility index (Phi) is 14.6. The Morgan fingerprint density at radius 3 is 1.76 bits per heavy atom. The largest absolute Gasteiger partial charge is 0.491 e. The van der Waals surface area contributed by atoms with E-state index in [4.69, 9.17) is 9.72 Å². The summed E-state index contributed by atoms with van der Waals surface area (Å²) in [5.74, 6) is 0.965. The molecule has 1 heterocycles. The third-order valence-electron chi connectivity index (χ3n) is 6.60. The van der Waals surface area contributed by atoms with Gasteiger partial charge in [0.2, 0.25) is 0 Å². The standard InChI is InChI=1S/C31H49NO/c1-4-6-8-10-11-12-13-14-15-17-19-30-23-20-29(26-32-30)28-21-24-31(25-22-28)33-27(3)18-16-9-7-5-2/h20-27H,4-19H2,1-3H3. The maximum atomic E-state index is 6.09. The summed E-state index contributed by atoms with van der Waals surface area (Å²) >= 11 is 0. The highest BCUT2D eigenvalue weighted by atomic mass is 16.5. The zero-order valence-corrected chi connectivity index (χ0v) is 21.8. The molecule has 0 radical (unpaired) electrons. The summed E-state index contributed by atoms with van der Waals surface area (Å²) in [5, 5.41) is 0. The normalized spacial score (nSPS) is 12.1. The summed E-state index contributed by atoms with van der Waals surface area (Å²) < 4.78 is 6.09. The number of aryl methyl sites for hydroxylation is 1. The molecule has 2 nitrogen and oxygen atoms in total. The molecule has 1 aromatic heterocycles. The van der Waals surface area contributed by atoms with Crippen LogP contribution in [0.1, 0.15) is 123 Å². The first kappa shape index (κ1) is 27.4. The number of hydrogen-bond donors (Lipinski definition) is 0. The van der Waals surface area contributed by atoms with Crippen molar-refractivity contribution in [2.75, 3.05) is 0 Å². The summed E-state index contributed by atoms with van der Waals surface area (Å²) in [6.07, 6.45) is 23.5. The van der Waals surface area contributed by atoms with E-state index in [1.165, 1.54) is 107 Å². The van der Waals surface area contributed by atoms with Crippen LogP contribution in [-0.2, 0) is 6.42 Å². The second-order valence-electron chi connectivity index (χ2n) is 9.77. The smallest absolute Gasteiger partial charge is 0.119 e. The maximum absolute atomic E-state index is 6.09. The molecule has 0 saturated heterocycles. The Hall–Kier alpha value is -1.83. The molecule has 1 aromatic carbocycles. The Bertz CT molecular complexity index is 707. The number of hydrogen-bond acceptors (Lipinski definition) is 2. The van der Waals surface area contributed by atoms with Crippen LogP contribution >= 0.6 is 0 Å². The van der Waals surface area contributed by atoms with Gasteiger partial charge in [-0.15, -0.1) is 0 Å². The molecule has 2 rings (SSSR count). The van der Waals surface area contributed by atoms with Gasteiger partial charge in [0.15, 0.2) is 0 Å². The van der Waals surface area contributed by atoms with Crippen molar-refractivity contribution in [2.24, 2.45) is 0 Å². The molecule has 0 bridgehead atoms. The van der Waals surface area contributed by atoms with Crippen LogP contribution in [0.5, 0.6) is 5.75 Å². The fraction of sp³-hybridized carbons (Fsp3) is 0.645. The topological polar surface area (TPSA) is 22.1 Å². The van der Waals surface area contributed by atoms with Crippen LogP contribution in [0.25, 0.3) is 11.1 Å². The van der Waals surface area contributed by atoms with Gasteiger partial charge in [-0.2, -0.15) is 0 Å². The van der Waals surface area contributed by atoms with E-state index in [-0.39, 0.29) is 6.10 Å². The van der Waals surface area contributed by atoms with Gasteiger partial charge in [0.1, 0.15) is 5.75 Å². The van der Waals surface area contributed by atoms with Gasteiger partial charge in [-0.3, -0.25) is 4.98 Å². The molecule has 0 spiro atoms. The number of ether oxygens (including phenoxy) is 1. The molecule has 33 heavy (non-hydrogen) atoms. The van der Waals surface area contributed by atoms with Crippen LogP contribution in [0.15, 0.2) is 42.6 Å². The molecule has 0 fully saturated rings. The SMILES string of the molecule is CCCCCCCCCCCCc1ccc(-c2ccc(OC(C)CCCCCC)cc2)cn1. The van der Waals surface area contributed by atoms with Gasteiger partial charge in [0, 0.05) is 17.5 Å². The Labute approximate surface area is 204 Å². The highest BCUT2D eigenvalue weighted by Gasteiger charge is 2.05. The summed E-state index contributed by atoms with van der Waals surface area (Å²) in [6.45, 7) is 6.72. The van der Waals surface area contributed by atoms with Crippen molar-refractivity contribution in [3.63, 3.8) is 0 Å². The molecule has 0 N–H and O–H groups in total. The second-order valence-corrected chi connectivity index (χ2v) is 9.77.